The summed E-state index contributed by atoms with van der Waals surface area (Å²) in [6.45, 7) is 1.16. The van der Waals surface area contributed by atoms with Gasteiger partial charge in [0.2, 0.25) is 5.91 Å². The molecule has 6 nitrogen and oxygen atoms in total. The first-order chi connectivity index (χ1) is 13.3. The third-order valence-corrected chi connectivity index (χ3v) is 4.62. The van der Waals surface area contributed by atoms with Crippen LogP contribution in [-0.4, -0.2) is 33.6 Å². The minimum atomic E-state index is -0.298. The van der Waals surface area contributed by atoms with Crippen LogP contribution in [0.1, 0.15) is 18.4 Å². The van der Waals surface area contributed by atoms with E-state index in [0.29, 0.717) is 13.2 Å². The van der Waals surface area contributed by atoms with Gasteiger partial charge in [0.1, 0.15) is 12.4 Å². The molecule has 136 valence electrons. The highest BCUT2D eigenvalue weighted by Crippen LogP contribution is 2.29. The molecule has 0 radical (unpaired) electrons. The standard InChI is InChI=1S/C21H20N4O2/c26-21(19-2-1-11-27-19)24-12-15-3-5-17(6-4-15)20-18(13-23-14-25-20)16-7-9-22-10-8-16/h3-10,13-14,19H,1-2,11-12H2,(H,24,26). The van der Waals surface area contributed by atoms with Crippen LogP contribution < -0.4 is 5.32 Å². The summed E-state index contributed by atoms with van der Waals surface area (Å²) < 4.78 is 5.40. The highest BCUT2D eigenvalue weighted by Gasteiger charge is 2.22. The van der Waals surface area contributed by atoms with E-state index in [0.717, 1.165) is 40.8 Å². The zero-order valence-electron chi connectivity index (χ0n) is 14.8. The third-order valence-electron chi connectivity index (χ3n) is 4.62. The van der Waals surface area contributed by atoms with Gasteiger partial charge in [-0.15, -0.1) is 0 Å². The fourth-order valence-corrected chi connectivity index (χ4v) is 3.17. The second-order valence-corrected chi connectivity index (χ2v) is 6.44. The molecular weight excluding hydrogens is 340 g/mol. The van der Waals surface area contributed by atoms with Gasteiger partial charge in [0.05, 0.1) is 5.69 Å². The van der Waals surface area contributed by atoms with Gasteiger partial charge in [-0.2, -0.15) is 0 Å². The summed E-state index contributed by atoms with van der Waals surface area (Å²) in [5.41, 5.74) is 4.88. The van der Waals surface area contributed by atoms with Crippen molar-refractivity contribution in [2.75, 3.05) is 6.61 Å². The van der Waals surface area contributed by atoms with Crippen LogP contribution in [0.3, 0.4) is 0 Å². The number of carbonyl (C=O) groups is 1. The Kier molecular flexibility index (Phi) is 5.16. The predicted molar refractivity (Wildman–Crippen MR) is 102 cm³/mol. The minimum absolute atomic E-state index is 0.0349. The molecule has 1 unspecified atom stereocenters. The molecule has 0 spiro atoms. The van der Waals surface area contributed by atoms with Gasteiger partial charge in [-0.25, -0.2) is 9.97 Å². The van der Waals surface area contributed by atoms with Crippen molar-refractivity contribution in [3.05, 3.63) is 66.9 Å². The smallest absolute Gasteiger partial charge is 0.249 e. The highest BCUT2D eigenvalue weighted by atomic mass is 16.5. The molecule has 1 amide bonds. The van der Waals surface area contributed by atoms with Crippen LogP contribution in [0.5, 0.6) is 0 Å². The average Bonchev–Trinajstić information content (AvgIpc) is 3.28. The number of carbonyl (C=O) groups excluding carboxylic acids is 1. The molecule has 0 bridgehead atoms. The van der Waals surface area contributed by atoms with E-state index >= 15 is 0 Å². The van der Waals surface area contributed by atoms with Crippen LogP contribution in [0, 0.1) is 0 Å². The van der Waals surface area contributed by atoms with E-state index in [2.05, 4.69) is 20.3 Å². The van der Waals surface area contributed by atoms with Crippen molar-refractivity contribution >= 4 is 5.91 Å². The molecular formula is C21H20N4O2. The van der Waals surface area contributed by atoms with E-state index < -0.39 is 0 Å². The minimum Gasteiger partial charge on any atom is -0.368 e. The SMILES string of the molecule is O=C(NCc1ccc(-c2ncncc2-c2ccncc2)cc1)C1CCCO1. The van der Waals surface area contributed by atoms with Crippen molar-refractivity contribution in [2.45, 2.75) is 25.5 Å². The summed E-state index contributed by atoms with van der Waals surface area (Å²) in [5.74, 6) is -0.0349. The monoisotopic (exact) mass is 360 g/mol. The van der Waals surface area contributed by atoms with E-state index in [4.69, 9.17) is 4.74 Å². The van der Waals surface area contributed by atoms with Crippen molar-refractivity contribution in [3.8, 4) is 22.4 Å². The van der Waals surface area contributed by atoms with Gasteiger partial charge in [0.25, 0.3) is 0 Å². The summed E-state index contributed by atoms with van der Waals surface area (Å²) in [5, 5.41) is 2.94. The van der Waals surface area contributed by atoms with Crippen LogP contribution in [0.15, 0.2) is 61.3 Å². The van der Waals surface area contributed by atoms with E-state index in [9.17, 15) is 4.79 Å². The molecule has 3 heterocycles. The van der Waals surface area contributed by atoms with Crippen LogP contribution in [0.25, 0.3) is 22.4 Å². The maximum absolute atomic E-state index is 12.1. The van der Waals surface area contributed by atoms with Crippen molar-refractivity contribution < 1.29 is 9.53 Å². The van der Waals surface area contributed by atoms with E-state index in [1.54, 1.807) is 18.7 Å². The fraction of sp³-hybridized carbons (Fsp3) is 0.238. The Hall–Kier alpha value is -3.12. The summed E-state index contributed by atoms with van der Waals surface area (Å²) >= 11 is 0. The number of nitrogens with zero attached hydrogens (tertiary/aromatic N) is 3. The number of hydrogen-bond donors (Lipinski definition) is 1. The molecule has 0 aliphatic carbocycles. The number of nitrogens with one attached hydrogen (secondary N) is 1. The van der Waals surface area contributed by atoms with Crippen LogP contribution >= 0.6 is 0 Å². The van der Waals surface area contributed by atoms with Crippen LogP contribution in [0.2, 0.25) is 0 Å². The fourth-order valence-electron chi connectivity index (χ4n) is 3.17. The topological polar surface area (TPSA) is 77.0 Å². The Morgan fingerprint density at radius 2 is 1.89 bits per heavy atom. The molecule has 1 aliphatic rings. The van der Waals surface area contributed by atoms with E-state index in [1.807, 2.05) is 42.6 Å². The van der Waals surface area contributed by atoms with E-state index in [1.165, 1.54) is 0 Å². The largest absolute Gasteiger partial charge is 0.368 e. The van der Waals surface area contributed by atoms with Gasteiger partial charge in [0.15, 0.2) is 0 Å². The number of ether oxygens (including phenoxy) is 1. The molecule has 1 fully saturated rings. The number of benzene rings is 1. The highest BCUT2D eigenvalue weighted by molar-refractivity contribution is 5.81. The predicted octanol–water partition coefficient (Wildman–Crippen LogP) is 3.00. The summed E-state index contributed by atoms with van der Waals surface area (Å²) in [6.07, 6.45) is 8.33. The molecule has 1 atom stereocenters. The van der Waals surface area contributed by atoms with Gasteiger partial charge in [-0.05, 0) is 36.1 Å². The quantitative estimate of drug-likeness (QED) is 0.757. The van der Waals surface area contributed by atoms with E-state index in [-0.39, 0.29) is 12.0 Å². The third kappa shape index (κ3) is 4.01. The zero-order chi connectivity index (χ0) is 18.5. The molecule has 6 heteroatoms. The first-order valence-electron chi connectivity index (χ1n) is 9.00. The maximum Gasteiger partial charge on any atom is 0.249 e. The molecule has 1 saturated heterocycles. The first kappa shape index (κ1) is 17.3. The summed E-state index contributed by atoms with van der Waals surface area (Å²) in [6, 6.07) is 11.9. The number of pyridine rings is 1. The Balaban J connectivity index is 1.49. The van der Waals surface area contributed by atoms with Crippen molar-refractivity contribution in [1.29, 1.82) is 0 Å². The molecule has 1 aromatic carbocycles. The van der Waals surface area contributed by atoms with Crippen molar-refractivity contribution in [1.82, 2.24) is 20.3 Å². The first-order valence-corrected chi connectivity index (χ1v) is 9.00. The van der Waals surface area contributed by atoms with Gasteiger partial charge in [-0.3, -0.25) is 9.78 Å². The van der Waals surface area contributed by atoms with Crippen LogP contribution in [0.4, 0.5) is 0 Å². The molecule has 27 heavy (non-hydrogen) atoms. The Bertz CT molecular complexity index is 907. The molecule has 3 aromatic rings. The Morgan fingerprint density at radius 1 is 1.07 bits per heavy atom. The lowest BCUT2D eigenvalue weighted by Gasteiger charge is -2.11. The normalized spacial score (nSPS) is 16.2. The lowest BCUT2D eigenvalue weighted by atomic mass is 10.0. The molecule has 2 aromatic heterocycles. The number of amides is 1. The lowest BCUT2D eigenvalue weighted by Crippen LogP contribution is -2.33. The molecule has 1 aliphatic heterocycles. The van der Waals surface area contributed by atoms with Gasteiger partial charge < -0.3 is 10.1 Å². The van der Waals surface area contributed by atoms with Gasteiger partial charge >= 0.3 is 0 Å². The molecule has 1 N–H and O–H groups in total. The molecule has 4 rings (SSSR count). The van der Waals surface area contributed by atoms with Crippen molar-refractivity contribution in [2.24, 2.45) is 0 Å². The lowest BCUT2D eigenvalue weighted by molar-refractivity contribution is -0.130. The number of rotatable bonds is 5. The maximum atomic E-state index is 12.1. The number of aromatic nitrogens is 3. The Labute approximate surface area is 157 Å². The second kappa shape index (κ2) is 8.05. The van der Waals surface area contributed by atoms with Gasteiger partial charge in [0, 0.05) is 42.9 Å². The Morgan fingerprint density at radius 3 is 2.63 bits per heavy atom. The molecule has 0 saturated carbocycles. The average molecular weight is 360 g/mol. The van der Waals surface area contributed by atoms with Gasteiger partial charge in [-0.1, -0.05) is 24.3 Å². The summed E-state index contributed by atoms with van der Waals surface area (Å²) in [4.78, 5) is 24.7. The zero-order valence-corrected chi connectivity index (χ0v) is 14.8. The second-order valence-electron chi connectivity index (χ2n) is 6.44. The summed E-state index contributed by atoms with van der Waals surface area (Å²) in [7, 11) is 0. The van der Waals surface area contributed by atoms with Crippen molar-refractivity contribution in [3.63, 3.8) is 0 Å². The number of hydrogen-bond acceptors (Lipinski definition) is 5. The van der Waals surface area contributed by atoms with Crippen LogP contribution in [-0.2, 0) is 16.1 Å².